The Morgan fingerprint density at radius 1 is 1.19 bits per heavy atom. The van der Waals surface area contributed by atoms with E-state index in [4.69, 9.17) is 19.9 Å². The van der Waals surface area contributed by atoms with Gasteiger partial charge in [-0.2, -0.15) is 4.31 Å². The van der Waals surface area contributed by atoms with Crippen LogP contribution in [-0.4, -0.2) is 88.4 Å². The smallest absolute Gasteiger partial charge is 0.407 e. The van der Waals surface area contributed by atoms with Crippen LogP contribution in [0.3, 0.4) is 0 Å². The molecule has 2 fully saturated rings. The molecule has 5 N–H and O–H groups in total. The van der Waals surface area contributed by atoms with Crippen LogP contribution in [0, 0.1) is 11.3 Å². The fourth-order valence-electron chi connectivity index (χ4n) is 5.70. The largest absolute Gasteiger partial charge is 0.443 e. The molecule has 0 saturated carbocycles. The maximum Gasteiger partial charge on any atom is 0.407 e. The van der Waals surface area contributed by atoms with Crippen LogP contribution in [0.25, 0.3) is 0 Å². The highest BCUT2D eigenvalue weighted by Crippen LogP contribution is 2.33. The van der Waals surface area contributed by atoms with Crippen LogP contribution in [0.4, 0.5) is 10.5 Å². The molecule has 2 heterocycles. The van der Waals surface area contributed by atoms with Crippen molar-refractivity contribution < 1.29 is 32.5 Å². The van der Waals surface area contributed by atoms with Gasteiger partial charge in [-0.25, -0.2) is 13.2 Å². The van der Waals surface area contributed by atoms with Gasteiger partial charge < -0.3 is 35.7 Å². The Hall–Kier alpha value is -2.74. The molecule has 0 unspecified atom stereocenters. The van der Waals surface area contributed by atoms with E-state index >= 15 is 0 Å². The van der Waals surface area contributed by atoms with Crippen LogP contribution in [0.2, 0.25) is 0 Å². The number of anilines is 1. The van der Waals surface area contributed by atoms with E-state index in [0.717, 1.165) is 18.4 Å². The maximum absolute atomic E-state index is 14.1. The number of ether oxygens (including phenoxy) is 3. The quantitative estimate of drug-likeness (QED) is 0.236. The second-order valence-corrected chi connectivity index (χ2v) is 14.0. The molecule has 2 saturated heterocycles. The van der Waals surface area contributed by atoms with Gasteiger partial charge in [0.05, 0.1) is 36.2 Å². The molecule has 2 aromatic carbocycles. The van der Waals surface area contributed by atoms with Crippen LogP contribution in [0.15, 0.2) is 59.5 Å². The van der Waals surface area contributed by atoms with Crippen molar-refractivity contribution in [3.05, 3.63) is 60.2 Å². The van der Waals surface area contributed by atoms with Crippen LogP contribution >= 0.6 is 0 Å². The van der Waals surface area contributed by atoms with Crippen molar-refractivity contribution in [1.82, 2.24) is 9.62 Å². The number of hydrogen-bond donors (Lipinski definition) is 4. The van der Waals surface area contributed by atoms with Gasteiger partial charge in [-0.05, 0) is 61.4 Å². The number of fused-ring (bicyclic) bond motifs is 1. The topological polar surface area (TPSA) is 152 Å². The second kappa shape index (κ2) is 14.8. The number of nitrogens with two attached hydrogens (primary N) is 1. The van der Waals surface area contributed by atoms with Gasteiger partial charge in [0.1, 0.15) is 6.10 Å². The summed E-state index contributed by atoms with van der Waals surface area (Å²) in [6.07, 6.45) is -0.320. The average Bonchev–Trinajstić information content (AvgIpc) is 3.61. The predicted molar refractivity (Wildman–Crippen MR) is 164 cm³/mol. The van der Waals surface area contributed by atoms with Gasteiger partial charge in [0.25, 0.3) is 0 Å². The van der Waals surface area contributed by atoms with E-state index in [2.05, 4.69) is 10.6 Å². The highest BCUT2D eigenvalue weighted by Gasteiger charge is 2.44. The summed E-state index contributed by atoms with van der Waals surface area (Å²) in [5.74, 6) is -0.0343. The summed E-state index contributed by atoms with van der Waals surface area (Å²) >= 11 is 0. The summed E-state index contributed by atoms with van der Waals surface area (Å²) in [4.78, 5) is 13.2. The lowest BCUT2D eigenvalue weighted by molar-refractivity contribution is -0.0907. The first-order valence-corrected chi connectivity index (χ1v) is 16.4. The minimum absolute atomic E-state index is 0.0343. The predicted octanol–water partition coefficient (Wildman–Crippen LogP) is 2.94. The number of carbonyl (C=O) groups is 1. The monoisotopic (exact) mass is 618 g/mol. The molecule has 0 aromatic heterocycles. The molecule has 5 atom stereocenters. The number of rotatable bonds is 15. The van der Waals surface area contributed by atoms with Crippen molar-refractivity contribution in [2.75, 3.05) is 45.2 Å². The van der Waals surface area contributed by atoms with Crippen molar-refractivity contribution >= 4 is 21.8 Å². The molecule has 238 valence electrons. The number of amides is 1. The van der Waals surface area contributed by atoms with Gasteiger partial charge in [0.15, 0.2) is 6.29 Å². The number of carbonyl (C=O) groups excluding carboxylic acids is 1. The highest BCUT2D eigenvalue weighted by molar-refractivity contribution is 7.89. The molecular weight excluding hydrogens is 572 g/mol. The number of aliphatic hydroxyl groups excluding tert-OH is 1. The molecule has 2 aliphatic rings. The summed E-state index contributed by atoms with van der Waals surface area (Å²) < 4.78 is 46.3. The third kappa shape index (κ3) is 8.90. The van der Waals surface area contributed by atoms with Gasteiger partial charge in [-0.15, -0.1) is 0 Å². The number of alkyl carbamates (subject to hydrolysis) is 1. The first-order chi connectivity index (χ1) is 20.5. The van der Waals surface area contributed by atoms with E-state index in [-0.39, 0.29) is 43.2 Å². The molecule has 11 nitrogen and oxygen atoms in total. The Kier molecular flexibility index (Phi) is 11.4. The van der Waals surface area contributed by atoms with E-state index in [0.29, 0.717) is 25.3 Å². The fraction of sp³-hybridized carbons (Fsp3) is 0.581. The third-order valence-electron chi connectivity index (χ3n) is 8.12. The van der Waals surface area contributed by atoms with Gasteiger partial charge in [-0.1, -0.05) is 50.2 Å². The van der Waals surface area contributed by atoms with Crippen molar-refractivity contribution in [1.29, 1.82) is 0 Å². The highest BCUT2D eigenvalue weighted by atomic mass is 32.2. The zero-order chi connectivity index (χ0) is 31.0. The standard InChI is InChI=1S/C31H46N4O7S/c1-31(2,14-8-15-32)21-35(43(38,39)24-12-7-11-23(18-24)33-3)19-27(36)26(17-22-9-5-4-6-10-22)34-30(37)42-28-20-41-29-25(28)13-16-40-29/h4-7,9-12,18,25-29,33,36H,8,13-17,19-21,32H2,1-3H3,(H,34,37)/t25-,26-,27+,28-,29+/m0/s1. The molecule has 43 heavy (non-hydrogen) atoms. The Balaban J connectivity index is 1.57. The Morgan fingerprint density at radius 3 is 2.67 bits per heavy atom. The summed E-state index contributed by atoms with van der Waals surface area (Å²) in [6.45, 7) is 5.18. The third-order valence-corrected chi connectivity index (χ3v) is 9.93. The normalized spacial score (nSPS) is 21.8. The van der Waals surface area contributed by atoms with Gasteiger partial charge >= 0.3 is 6.09 Å². The minimum Gasteiger partial charge on any atom is -0.443 e. The molecule has 12 heteroatoms. The number of aliphatic hydroxyl groups is 1. The first kappa shape index (κ1) is 33.2. The van der Waals surface area contributed by atoms with E-state index in [1.807, 2.05) is 44.2 Å². The Labute approximate surface area is 255 Å². The van der Waals surface area contributed by atoms with E-state index in [9.17, 15) is 18.3 Å². The van der Waals surface area contributed by atoms with E-state index < -0.39 is 39.8 Å². The zero-order valence-corrected chi connectivity index (χ0v) is 26.1. The van der Waals surface area contributed by atoms with Gasteiger partial charge in [0.2, 0.25) is 10.0 Å². The van der Waals surface area contributed by atoms with Crippen molar-refractivity contribution in [2.45, 2.75) is 69.0 Å². The number of benzene rings is 2. The number of sulfonamides is 1. The molecule has 0 spiro atoms. The Bertz CT molecular complexity index is 1290. The molecular formula is C31H46N4O7S. The van der Waals surface area contributed by atoms with Crippen molar-refractivity contribution in [3.63, 3.8) is 0 Å². The average molecular weight is 619 g/mol. The molecule has 2 aromatic rings. The number of nitrogens with zero attached hydrogens (tertiary/aromatic N) is 1. The molecule has 0 radical (unpaired) electrons. The maximum atomic E-state index is 14.1. The molecule has 2 aliphatic heterocycles. The fourth-order valence-corrected chi connectivity index (χ4v) is 7.40. The summed E-state index contributed by atoms with van der Waals surface area (Å²) in [5.41, 5.74) is 6.86. The van der Waals surface area contributed by atoms with E-state index in [1.165, 1.54) is 4.31 Å². The van der Waals surface area contributed by atoms with Crippen LogP contribution in [-0.2, 0) is 30.7 Å². The molecule has 4 rings (SSSR count). The number of nitrogens with one attached hydrogen (secondary N) is 2. The zero-order valence-electron chi connectivity index (χ0n) is 25.3. The minimum atomic E-state index is -4.02. The number of hydrogen-bond acceptors (Lipinski definition) is 9. The lowest BCUT2D eigenvalue weighted by atomic mass is 9.87. The SMILES string of the molecule is CNc1cccc(S(=O)(=O)N(C[C@@H](O)[C@H](Cc2ccccc2)NC(=O)O[C@H]2CO[C@H]3OCC[C@H]32)CC(C)(C)CCCN)c1. The van der Waals surface area contributed by atoms with E-state index in [1.54, 1.807) is 31.3 Å². The van der Waals surface area contributed by atoms with Gasteiger partial charge in [-0.3, -0.25) is 0 Å². The van der Waals surface area contributed by atoms with Gasteiger partial charge in [0, 0.05) is 25.8 Å². The van der Waals surface area contributed by atoms with Crippen LogP contribution < -0.4 is 16.4 Å². The van der Waals surface area contributed by atoms with Crippen molar-refractivity contribution in [3.8, 4) is 0 Å². The summed E-state index contributed by atoms with van der Waals surface area (Å²) in [5, 5.41) is 17.4. The summed E-state index contributed by atoms with van der Waals surface area (Å²) in [7, 11) is -2.30. The van der Waals surface area contributed by atoms with Crippen LogP contribution in [0.1, 0.15) is 38.7 Å². The first-order valence-electron chi connectivity index (χ1n) is 14.9. The summed E-state index contributed by atoms with van der Waals surface area (Å²) in [6, 6.07) is 15.2. The lowest BCUT2D eigenvalue weighted by Gasteiger charge is -2.35. The Morgan fingerprint density at radius 2 is 1.95 bits per heavy atom. The van der Waals surface area contributed by atoms with Crippen LogP contribution in [0.5, 0.6) is 0 Å². The van der Waals surface area contributed by atoms with Crippen molar-refractivity contribution in [2.24, 2.45) is 17.1 Å². The lowest BCUT2D eigenvalue weighted by Crippen LogP contribution is -2.52. The molecule has 1 amide bonds. The molecule has 0 bridgehead atoms. The second-order valence-electron chi connectivity index (χ2n) is 12.1. The molecule has 0 aliphatic carbocycles.